The Morgan fingerprint density at radius 1 is 0.969 bits per heavy atom. The van der Waals surface area contributed by atoms with Gasteiger partial charge in [0.1, 0.15) is 11.9 Å². The average molecular weight is 428 g/mol. The Morgan fingerprint density at radius 2 is 1.81 bits per heavy atom. The first-order valence-corrected chi connectivity index (χ1v) is 11.7. The summed E-state index contributed by atoms with van der Waals surface area (Å²) in [5, 5.41) is 18.9. The number of nitrogens with zero attached hydrogens (tertiary/aromatic N) is 5. The Bertz CT molecular complexity index is 1100. The summed E-state index contributed by atoms with van der Waals surface area (Å²) in [7, 11) is 0. The molecule has 2 aromatic rings. The van der Waals surface area contributed by atoms with E-state index in [1.54, 1.807) is 0 Å². The standard InChI is InChI=1S/C26H29N5O/c27-19-23(26-29-28-24-9-5-2-6-12-31(24)26)18-22-11-10-21(17-20-7-3-1-4-8-20)25(22)30-13-15-32-16-14-30/h1,3-4,7-8,17-18H,2,5-6,9-16H2/b21-17+,23-18-. The molecule has 0 N–H and O–H groups in total. The van der Waals surface area contributed by atoms with Crippen molar-refractivity contribution in [2.24, 2.45) is 0 Å². The van der Waals surface area contributed by atoms with Gasteiger partial charge in [-0.15, -0.1) is 10.2 Å². The summed E-state index contributed by atoms with van der Waals surface area (Å²) in [5.41, 5.74) is 5.65. The van der Waals surface area contributed by atoms with Crippen molar-refractivity contribution in [3.8, 4) is 6.07 Å². The minimum absolute atomic E-state index is 0.618. The molecule has 1 aromatic heterocycles. The molecule has 6 nitrogen and oxygen atoms in total. The number of hydrogen-bond acceptors (Lipinski definition) is 5. The lowest BCUT2D eigenvalue weighted by Crippen LogP contribution is -2.36. The highest BCUT2D eigenvalue weighted by atomic mass is 16.5. The molecule has 0 bridgehead atoms. The number of fused-ring (bicyclic) bond motifs is 1. The number of aromatic nitrogens is 3. The molecule has 1 fully saturated rings. The molecule has 0 amide bonds. The minimum Gasteiger partial charge on any atom is -0.378 e. The molecule has 3 heterocycles. The van der Waals surface area contributed by atoms with Crippen molar-refractivity contribution in [2.45, 2.75) is 45.1 Å². The molecule has 1 saturated heterocycles. The summed E-state index contributed by atoms with van der Waals surface area (Å²) in [6.07, 6.45) is 10.7. The second-order valence-corrected chi connectivity index (χ2v) is 8.63. The van der Waals surface area contributed by atoms with Gasteiger partial charge in [0.2, 0.25) is 0 Å². The maximum Gasteiger partial charge on any atom is 0.174 e. The van der Waals surface area contributed by atoms with Crippen LogP contribution in [0.1, 0.15) is 49.3 Å². The fraction of sp³-hybridized carbons (Fsp3) is 0.423. The first-order valence-electron chi connectivity index (χ1n) is 11.7. The monoisotopic (exact) mass is 427 g/mol. The van der Waals surface area contributed by atoms with Crippen LogP contribution in [0, 0.1) is 11.3 Å². The van der Waals surface area contributed by atoms with E-state index in [0.29, 0.717) is 5.57 Å². The largest absolute Gasteiger partial charge is 0.378 e. The number of ether oxygens (including phenoxy) is 1. The van der Waals surface area contributed by atoms with E-state index in [0.717, 1.165) is 76.6 Å². The van der Waals surface area contributed by atoms with E-state index in [4.69, 9.17) is 4.74 Å². The number of nitriles is 1. The minimum atomic E-state index is 0.618. The third-order valence-electron chi connectivity index (χ3n) is 6.53. The predicted molar refractivity (Wildman–Crippen MR) is 124 cm³/mol. The van der Waals surface area contributed by atoms with Crippen molar-refractivity contribution in [2.75, 3.05) is 26.3 Å². The average Bonchev–Trinajstić information content (AvgIpc) is 3.34. The van der Waals surface area contributed by atoms with Gasteiger partial charge in [0.05, 0.1) is 18.8 Å². The molecule has 164 valence electrons. The number of morpholine rings is 1. The van der Waals surface area contributed by atoms with E-state index in [-0.39, 0.29) is 0 Å². The zero-order valence-electron chi connectivity index (χ0n) is 18.5. The maximum atomic E-state index is 10.1. The fourth-order valence-electron chi connectivity index (χ4n) is 4.94. The number of rotatable bonds is 4. The summed E-state index contributed by atoms with van der Waals surface area (Å²) in [4.78, 5) is 2.43. The van der Waals surface area contributed by atoms with Gasteiger partial charge in [-0.3, -0.25) is 0 Å². The van der Waals surface area contributed by atoms with E-state index in [9.17, 15) is 5.26 Å². The molecular weight excluding hydrogens is 398 g/mol. The van der Waals surface area contributed by atoms with Gasteiger partial charge in [-0.1, -0.05) is 36.8 Å². The second-order valence-electron chi connectivity index (χ2n) is 8.63. The maximum absolute atomic E-state index is 10.1. The first kappa shape index (κ1) is 20.7. The predicted octanol–water partition coefficient (Wildman–Crippen LogP) is 4.38. The fourth-order valence-corrected chi connectivity index (χ4v) is 4.94. The topological polar surface area (TPSA) is 67.0 Å². The molecule has 1 aromatic carbocycles. The third-order valence-corrected chi connectivity index (χ3v) is 6.53. The van der Waals surface area contributed by atoms with Crippen LogP contribution in [-0.2, 0) is 17.7 Å². The van der Waals surface area contributed by atoms with Gasteiger partial charge < -0.3 is 14.2 Å². The molecule has 5 rings (SSSR count). The van der Waals surface area contributed by atoms with Gasteiger partial charge in [0.25, 0.3) is 0 Å². The van der Waals surface area contributed by atoms with Gasteiger partial charge in [-0.05, 0) is 54.5 Å². The normalized spacial score (nSPS) is 20.9. The Balaban J connectivity index is 1.56. The molecule has 1 aliphatic carbocycles. The van der Waals surface area contributed by atoms with Crippen LogP contribution in [0.2, 0.25) is 0 Å². The van der Waals surface area contributed by atoms with Crippen molar-refractivity contribution in [1.82, 2.24) is 19.7 Å². The lowest BCUT2D eigenvalue weighted by atomic mass is 10.1. The van der Waals surface area contributed by atoms with Crippen LogP contribution in [0.5, 0.6) is 0 Å². The number of hydrogen-bond donors (Lipinski definition) is 0. The van der Waals surface area contributed by atoms with E-state index in [2.05, 4.69) is 62.2 Å². The van der Waals surface area contributed by atoms with Gasteiger partial charge in [0.15, 0.2) is 5.82 Å². The number of benzene rings is 1. The summed E-state index contributed by atoms with van der Waals surface area (Å²) in [5.74, 6) is 1.73. The summed E-state index contributed by atoms with van der Waals surface area (Å²) in [6, 6.07) is 12.9. The van der Waals surface area contributed by atoms with Crippen LogP contribution in [-0.4, -0.2) is 46.0 Å². The lowest BCUT2D eigenvalue weighted by molar-refractivity contribution is 0.0547. The van der Waals surface area contributed by atoms with Crippen molar-refractivity contribution in [1.29, 1.82) is 5.26 Å². The Labute approximate surface area is 189 Å². The number of aryl methyl sites for hydroxylation is 1. The van der Waals surface area contributed by atoms with Crippen LogP contribution in [0.15, 0.2) is 53.3 Å². The molecule has 0 atom stereocenters. The summed E-state index contributed by atoms with van der Waals surface area (Å²) < 4.78 is 7.77. The SMILES string of the molecule is N#C/C(=C/C1=C(N2CCOCC2)C(=C/c2ccccc2)/CC1)c1nnc2n1CCCCC2. The quantitative estimate of drug-likeness (QED) is 0.678. The van der Waals surface area contributed by atoms with E-state index in [1.165, 1.54) is 28.8 Å². The molecule has 2 aliphatic heterocycles. The molecule has 0 unspecified atom stereocenters. The van der Waals surface area contributed by atoms with E-state index in [1.807, 2.05) is 6.07 Å². The third kappa shape index (κ3) is 4.26. The molecule has 3 aliphatic rings. The Kier molecular flexibility index (Phi) is 6.17. The van der Waals surface area contributed by atoms with Gasteiger partial charge in [-0.25, -0.2) is 0 Å². The zero-order chi connectivity index (χ0) is 21.8. The van der Waals surface area contributed by atoms with Crippen LogP contribution < -0.4 is 0 Å². The van der Waals surface area contributed by atoms with Gasteiger partial charge in [0, 0.05) is 31.8 Å². The highest BCUT2D eigenvalue weighted by molar-refractivity contribution is 5.76. The van der Waals surface area contributed by atoms with Crippen molar-refractivity contribution >= 4 is 11.6 Å². The summed E-state index contributed by atoms with van der Waals surface area (Å²) >= 11 is 0. The molecule has 0 radical (unpaired) electrons. The first-order chi connectivity index (χ1) is 15.8. The highest BCUT2D eigenvalue weighted by Crippen LogP contribution is 2.37. The van der Waals surface area contributed by atoms with Crippen LogP contribution in [0.25, 0.3) is 11.6 Å². The van der Waals surface area contributed by atoms with Crippen LogP contribution in [0.4, 0.5) is 0 Å². The smallest absolute Gasteiger partial charge is 0.174 e. The van der Waals surface area contributed by atoms with Gasteiger partial charge in [-0.2, -0.15) is 5.26 Å². The molecule has 0 spiro atoms. The zero-order valence-corrected chi connectivity index (χ0v) is 18.5. The Hall–Kier alpha value is -3.17. The van der Waals surface area contributed by atoms with Crippen LogP contribution >= 0.6 is 0 Å². The van der Waals surface area contributed by atoms with Gasteiger partial charge >= 0.3 is 0 Å². The van der Waals surface area contributed by atoms with Crippen molar-refractivity contribution in [3.05, 3.63) is 70.5 Å². The highest BCUT2D eigenvalue weighted by Gasteiger charge is 2.26. The van der Waals surface area contributed by atoms with Crippen LogP contribution in [0.3, 0.4) is 0 Å². The van der Waals surface area contributed by atoms with Crippen molar-refractivity contribution < 1.29 is 4.74 Å². The number of allylic oxidation sites excluding steroid dienone is 4. The molecular formula is C26H29N5O. The van der Waals surface area contributed by atoms with Crippen molar-refractivity contribution in [3.63, 3.8) is 0 Å². The van der Waals surface area contributed by atoms with E-state index >= 15 is 0 Å². The molecule has 0 saturated carbocycles. The molecule has 32 heavy (non-hydrogen) atoms. The molecule has 6 heteroatoms. The lowest BCUT2D eigenvalue weighted by Gasteiger charge is -2.31. The summed E-state index contributed by atoms with van der Waals surface area (Å²) in [6.45, 7) is 4.12. The Morgan fingerprint density at radius 3 is 2.62 bits per heavy atom. The second kappa shape index (κ2) is 9.54. The van der Waals surface area contributed by atoms with E-state index < -0.39 is 0 Å².